The highest BCUT2D eigenvalue weighted by molar-refractivity contribution is 5.86. The first-order valence-corrected chi connectivity index (χ1v) is 12.5. The molecule has 7 nitrogen and oxygen atoms in total. The Morgan fingerprint density at radius 1 is 1.09 bits per heavy atom. The summed E-state index contributed by atoms with van der Waals surface area (Å²) in [5, 5.41) is 9.17. The molecule has 0 aromatic heterocycles. The molecule has 3 amide bonds. The van der Waals surface area contributed by atoms with Crippen molar-refractivity contribution in [2.75, 3.05) is 53.9 Å². The molecule has 2 saturated carbocycles. The number of hydrogen-bond acceptors (Lipinski definition) is 4. The number of aliphatic hydroxyl groups is 1. The molecule has 3 aliphatic rings. The van der Waals surface area contributed by atoms with Crippen molar-refractivity contribution in [3.05, 3.63) is 35.9 Å². The van der Waals surface area contributed by atoms with Crippen molar-refractivity contribution in [2.24, 2.45) is 5.92 Å². The Balaban J connectivity index is 1.55. The number of hydrogen-bond donors (Lipinski definition) is 1. The van der Waals surface area contributed by atoms with Gasteiger partial charge in [0.25, 0.3) is 0 Å². The summed E-state index contributed by atoms with van der Waals surface area (Å²) >= 11 is 0. The molecule has 1 N–H and O–H groups in total. The summed E-state index contributed by atoms with van der Waals surface area (Å²) in [6.45, 7) is 1.75. The van der Waals surface area contributed by atoms with E-state index in [1.165, 1.54) is 29.7 Å². The number of urea groups is 1. The van der Waals surface area contributed by atoms with Crippen LogP contribution in [0.2, 0.25) is 0 Å². The minimum absolute atomic E-state index is 0.0183. The second kappa shape index (κ2) is 9.63. The molecule has 0 atom stereocenters. The van der Waals surface area contributed by atoms with E-state index in [1.54, 1.807) is 11.9 Å². The maximum absolute atomic E-state index is 13.6. The summed E-state index contributed by atoms with van der Waals surface area (Å²) in [6, 6.07) is 10.8. The number of carbonyl (C=O) groups is 2. The zero-order valence-corrected chi connectivity index (χ0v) is 20.5. The summed E-state index contributed by atoms with van der Waals surface area (Å²) in [4.78, 5) is 34.0. The van der Waals surface area contributed by atoms with Crippen LogP contribution in [0.15, 0.2) is 30.3 Å². The van der Waals surface area contributed by atoms with Crippen molar-refractivity contribution in [3.8, 4) is 0 Å². The highest BCUT2D eigenvalue weighted by atomic mass is 16.3. The third-order valence-electron chi connectivity index (χ3n) is 8.59. The number of aliphatic hydroxyl groups excluding tert-OH is 1. The van der Waals surface area contributed by atoms with Gasteiger partial charge in [0.1, 0.15) is 6.54 Å². The average Bonchev–Trinajstić information content (AvgIpc) is 3.02. The average molecular weight is 457 g/mol. The highest BCUT2D eigenvalue weighted by Gasteiger charge is 2.55. The lowest BCUT2D eigenvalue weighted by molar-refractivity contribution is -0.130. The first-order chi connectivity index (χ1) is 15.8. The summed E-state index contributed by atoms with van der Waals surface area (Å²) in [5.41, 5.74) is 1.12. The van der Waals surface area contributed by atoms with Crippen LogP contribution in [0, 0.1) is 5.92 Å². The maximum Gasteiger partial charge on any atom is 0.321 e. The molecule has 33 heavy (non-hydrogen) atoms. The number of likely N-dealkylation sites (N-methyl/N-ethyl adjacent to an activating group) is 1. The fraction of sp³-hybridized carbons (Fsp3) is 0.692. The van der Waals surface area contributed by atoms with Crippen molar-refractivity contribution in [2.45, 2.75) is 56.0 Å². The van der Waals surface area contributed by atoms with Crippen molar-refractivity contribution in [1.29, 1.82) is 0 Å². The monoisotopic (exact) mass is 456 g/mol. The lowest BCUT2D eigenvalue weighted by Gasteiger charge is -2.51. The van der Waals surface area contributed by atoms with Gasteiger partial charge in [-0.15, -0.1) is 0 Å². The van der Waals surface area contributed by atoms with Gasteiger partial charge >= 0.3 is 6.03 Å². The number of amides is 3. The molecule has 1 aromatic carbocycles. The Labute approximate surface area is 198 Å². The molecule has 182 valence electrons. The van der Waals surface area contributed by atoms with Gasteiger partial charge in [-0.1, -0.05) is 36.8 Å². The molecule has 0 radical (unpaired) electrons. The molecule has 0 bridgehead atoms. The van der Waals surface area contributed by atoms with Crippen molar-refractivity contribution in [1.82, 2.24) is 19.6 Å². The summed E-state index contributed by atoms with van der Waals surface area (Å²) in [6.07, 6.45) is 7.51. The fourth-order valence-electron chi connectivity index (χ4n) is 6.07. The number of benzene rings is 1. The summed E-state index contributed by atoms with van der Waals surface area (Å²) in [5.74, 6) is 0.481. The van der Waals surface area contributed by atoms with E-state index in [2.05, 4.69) is 54.2 Å². The topological polar surface area (TPSA) is 67.3 Å². The summed E-state index contributed by atoms with van der Waals surface area (Å²) < 4.78 is 0. The van der Waals surface area contributed by atoms with Gasteiger partial charge in [-0.25, -0.2) is 4.79 Å². The molecule has 1 aromatic rings. The first kappa shape index (κ1) is 24.0. The van der Waals surface area contributed by atoms with Gasteiger partial charge in [0.15, 0.2) is 0 Å². The largest absolute Gasteiger partial charge is 0.395 e. The van der Waals surface area contributed by atoms with Crippen molar-refractivity contribution >= 4 is 11.9 Å². The van der Waals surface area contributed by atoms with Crippen LogP contribution in [0.1, 0.15) is 50.5 Å². The van der Waals surface area contributed by atoms with Gasteiger partial charge < -0.3 is 19.8 Å². The van der Waals surface area contributed by atoms with Crippen molar-refractivity contribution in [3.63, 3.8) is 0 Å². The third kappa shape index (κ3) is 4.50. The van der Waals surface area contributed by atoms with Crippen LogP contribution in [0.3, 0.4) is 0 Å². The molecule has 7 heteroatoms. The van der Waals surface area contributed by atoms with Gasteiger partial charge in [-0.05, 0) is 64.1 Å². The minimum atomic E-state index is -0.198. The number of rotatable bonds is 8. The van der Waals surface area contributed by atoms with Crippen LogP contribution in [0.5, 0.6) is 0 Å². The molecule has 0 unspecified atom stereocenters. The fourth-order valence-corrected chi connectivity index (χ4v) is 6.07. The van der Waals surface area contributed by atoms with Crippen LogP contribution in [0.25, 0.3) is 0 Å². The molecule has 2 aliphatic carbocycles. The van der Waals surface area contributed by atoms with Gasteiger partial charge in [0.05, 0.1) is 12.1 Å². The van der Waals surface area contributed by atoms with Gasteiger partial charge in [0.2, 0.25) is 5.91 Å². The molecule has 1 spiro atoms. The zero-order chi connectivity index (χ0) is 23.6. The number of carbonyl (C=O) groups excluding carboxylic acids is 2. The van der Waals surface area contributed by atoms with E-state index in [0.29, 0.717) is 19.0 Å². The van der Waals surface area contributed by atoms with Gasteiger partial charge in [-0.3, -0.25) is 9.69 Å². The van der Waals surface area contributed by atoms with Crippen LogP contribution in [-0.2, 0) is 10.3 Å². The van der Waals surface area contributed by atoms with E-state index in [9.17, 15) is 14.7 Å². The number of nitrogens with zero attached hydrogens (tertiary/aromatic N) is 4. The smallest absolute Gasteiger partial charge is 0.321 e. The zero-order valence-electron chi connectivity index (χ0n) is 20.5. The summed E-state index contributed by atoms with van der Waals surface area (Å²) in [7, 11) is 6.02. The SMILES string of the molecule is CN(CCO)C(=O)CN1C[C@]2(CC[C@](c3ccccc3)(N(C)C)CC2)N(CC2CCC2)C1=O. The lowest BCUT2D eigenvalue weighted by Crippen LogP contribution is -2.56. The lowest BCUT2D eigenvalue weighted by atomic mass is 9.68. The second-order valence-corrected chi connectivity index (χ2v) is 10.6. The third-order valence-corrected chi connectivity index (χ3v) is 8.59. The molecule has 1 heterocycles. The van der Waals surface area contributed by atoms with Crippen LogP contribution in [0.4, 0.5) is 4.79 Å². The van der Waals surface area contributed by atoms with Crippen LogP contribution in [-0.4, -0.2) is 96.1 Å². The van der Waals surface area contributed by atoms with E-state index >= 15 is 0 Å². The molecule has 1 saturated heterocycles. The Bertz CT molecular complexity index is 831. The highest BCUT2D eigenvalue weighted by Crippen LogP contribution is 2.49. The van der Waals surface area contributed by atoms with Crippen LogP contribution >= 0.6 is 0 Å². The quantitative estimate of drug-likeness (QED) is 0.653. The van der Waals surface area contributed by atoms with E-state index < -0.39 is 0 Å². The second-order valence-electron chi connectivity index (χ2n) is 10.6. The first-order valence-electron chi connectivity index (χ1n) is 12.5. The standard InChI is InChI=1S/C26H40N4O3/c1-27(2)26(22-10-5-4-6-11-22)14-12-25(13-15-26)20-29(19-23(32)28(3)16-17-31)24(33)30(25)18-21-8-7-9-21/h4-6,10-11,21,31H,7-9,12-20H2,1-3H3/t25-,26+. The normalized spacial score (nSPS) is 28.0. The Morgan fingerprint density at radius 2 is 1.76 bits per heavy atom. The minimum Gasteiger partial charge on any atom is -0.395 e. The molecule has 3 fully saturated rings. The molecular weight excluding hydrogens is 416 g/mol. The molecule has 4 rings (SSSR count). The maximum atomic E-state index is 13.6. The van der Waals surface area contributed by atoms with Crippen molar-refractivity contribution < 1.29 is 14.7 Å². The predicted molar refractivity (Wildman–Crippen MR) is 129 cm³/mol. The van der Waals surface area contributed by atoms with Gasteiger partial charge in [-0.2, -0.15) is 0 Å². The van der Waals surface area contributed by atoms with E-state index in [4.69, 9.17) is 0 Å². The van der Waals surface area contributed by atoms with Crippen LogP contribution < -0.4 is 0 Å². The van der Waals surface area contributed by atoms with Gasteiger partial charge in [0, 0.05) is 32.2 Å². The van der Waals surface area contributed by atoms with E-state index in [0.717, 1.165) is 32.2 Å². The molecule has 1 aliphatic heterocycles. The molecular formula is C26H40N4O3. The predicted octanol–water partition coefficient (Wildman–Crippen LogP) is 2.74. The Morgan fingerprint density at radius 3 is 2.30 bits per heavy atom. The Kier molecular flexibility index (Phi) is 7.01. The van der Waals surface area contributed by atoms with E-state index in [1.807, 2.05) is 0 Å². The Hall–Kier alpha value is -2.12. The van der Waals surface area contributed by atoms with E-state index in [-0.39, 0.29) is 36.2 Å².